The smallest absolute Gasteiger partial charge is 0.195 e. The molecule has 116 valence electrons. The first-order valence-corrected chi connectivity index (χ1v) is 7.18. The van der Waals surface area contributed by atoms with Crippen LogP contribution in [0.15, 0.2) is 24.3 Å². The largest absolute Gasteiger partial charge is 0.491 e. The van der Waals surface area contributed by atoms with Gasteiger partial charge >= 0.3 is 0 Å². The van der Waals surface area contributed by atoms with Crippen molar-refractivity contribution in [3.8, 4) is 5.75 Å². The first-order chi connectivity index (χ1) is 10.0. The maximum atomic E-state index is 7.71. The SMILES string of the molecule is CCCNC(=N)NC(=N)NCc1ccc(OC(C)C)cc1. The molecule has 0 radical (unpaired) electrons. The van der Waals surface area contributed by atoms with Crippen LogP contribution in [-0.2, 0) is 6.54 Å². The average molecular weight is 291 g/mol. The van der Waals surface area contributed by atoms with Gasteiger partial charge in [-0.3, -0.25) is 16.1 Å². The predicted octanol–water partition coefficient (Wildman–Crippen LogP) is 2.02. The van der Waals surface area contributed by atoms with Gasteiger partial charge in [0.1, 0.15) is 5.75 Å². The maximum Gasteiger partial charge on any atom is 0.195 e. The van der Waals surface area contributed by atoms with Gasteiger partial charge in [0.25, 0.3) is 0 Å². The molecule has 21 heavy (non-hydrogen) atoms. The first kappa shape index (κ1) is 16.8. The van der Waals surface area contributed by atoms with Gasteiger partial charge in [-0.05, 0) is 38.0 Å². The number of guanidine groups is 2. The highest BCUT2D eigenvalue weighted by Crippen LogP contribution is 2.13. The number of rotatable bonds is 6. The van der Waals surface area contributed by atoms with Crippen molar-refractivity contribution in [2.45, 2.75) is 39.8 Å². The Hall–Kier alpha value is -2.24. The molecule has 0 saturated carbocycles. The van der Waals surface area contributed by atoms with Crippen molar-refractivity contribution in [1.29, 1.82) is 10.8 Å². The highest BCUT2D eigenvalue weighted by Gasteiger charge is 2.01. The van der Waals surface area contributed by atoms with Crippen LogP contribution in [0.25, 0.3) is 0 Å². The average Bonchev–Trinajstić information content (AvgIpc) is 2.44. The molecule has 0 aliphatic carbocycles. The van der Waals surface area contributed by atoms with Crippen LogP contribution in [0, 0.1) is 10.8 Å². The molecule has 0 atom stereocenters. The van der Waals surface area contributed by atoms with Crippen LogP contribution in [0.5, 0.6) is 5.75 Å². The Morgan fingerprint density at radius 3 is 2.29 bits per heavy atom. The topological polar surface area (TPSA) is 93.0 Å². The van der Waals surface area contributed by atoms with Gasteiger partial charge in [0.05, 0.1) is 6.10 Å². The van der Waals surface area contributed by atoms with Crippen molar-refractivity contribution in [2.75, 3.05) is 6.54 Å². The zero-order chi connectivity index (χ0) is 15.7. The zero-order valence-electron chi connectivity index (χ0n) is 12.9. The van der Waals surface area contributed by atoms with E-state index in [0.29, 0.717) is 6.54 Å². The van der Waals surface area contributed by atoms with E-state index in [1.165, 1.54) is 0 Å². The third-order valence-corrected chi connectivity index (χ3v) is 2.57. The van der Waals surface area contributed by atoms with Gasteiger partial charge < -0.3 is 15.4 Å². The second kappa shape index (κ2) is 8.84. The van der Waals surface area contributed by atoms with Gasteiger partial charge in [-0.2, -0.15) is 0 Å². The molecule has 0 spiro atoms. The third kappa shape index (κ3) is 7.20. The second-order valence-electron chi connectivity index (χ2n) is 4.97. The predicted molar refractivity (Wildman–Crippen MR) is 85.9 cm³/mol. The Morgan fingerprint density at radius 1 is 1.10 bits per heavy atom. The first-order valence-electron chi connectivity index (χ1n) is 7.18. The standard InChI is InChI=1S/C15H25N5O/c1-4-9-18-14(16)20-15(17)19-10-12-5-7-13(8-6-12)21-11(2)3/h5-8,11H,4,9-10H2,1-3H3,(H5,16,17,18,19,20). The molecule has 0 unspecified atom stereocenters. The monoisotopic (exact) mass is 291 g/mol. The van der Waals surface area contributed by atoms with Crippen molar-refractivity contribution in [2.24, 2.45) is 0 Å². The van der Waals surface area contributed by atoms with E-state index in [2.05, 4.69) is 16.0 Å². The van der Waals surface area contributed by atoms with Crippen LogP contribution in [-0.4, -0.2) is 24.6 Å². The summed E-state index contributed by atoms with van der Waals surface area (Å²) in [6, 6.07) is 7.75. The highest BCUT2D eigenvalue weighted by molar-refractivity contribution is 5.95. The minimum atomic E-state index is 0.103. The van der Waals surface area contributed by atoms with Gasteiger partial charge in [0.15, 0.2) is 11.9 Å². The molecule has 0 fully saturated rings. The lowest BCUT2D eigenvalue weighted by Crippen LogP contribution is -2.45. The van der Waals surface area contributed by atoms with Crippen molar-refractivity contribution >= 4 is 11.9 Å². The van der Waals surface area contributed by atoms with E-state index >= 15 is 0 Å². The Kier molecular flexibility index (Phi) is 7.08. The molecule has 0 aliphatic rings. The van der Waals surface area contributed by atoms with E-state index in [-0.39, 0.29) is 18.0 Å². The number of hydrogen-bond acceptors (Lipinski definition) is 3. The Bertz CT molecular complexity index is 456. The van der Waals surface area contributed by atoms with Crippen LogP contribution in [0.4, 0.5) is 0 Å². The summed E-state index contributed by atoms with van der Waals surface area (Å²) in [5.41, 5.74) is 1.05. The van der Waals surface area contributed by atoms with Crippen LogP contribution in [0.3, 0.4) is 0 Å². The van der Waals surface area contributed by atoms with E-state index in [1.807, 2.05) is 45.0 Å². The van der Waals surface area contributed by atoms with Crippen LogP contribution in [0.1, 0.15) is 32.8 Å². The number of benzene rings is 1. The summed E-state index contributed by atoms with van der Waals surface area (Å²) in [7, 11) is 0. The molecule has 0 bridgehead atoms. The fourth-order valence-corrected chi connectivity index (χ4v) is 1.61. The molecular formula is C15H25N5O. The molecule has 1 aromatic carbocycles. The molecule has 5 N–H and O–H groups in total. The highest BCUT2D eigenvalue weighted by atomic mass is 16.5. The fourth-order valence-electron chi connectivity index (χ4n) is 1.61. The van der Waals surface area contributed by atoms with E-state index in [4.69, 9.17) is 15.6 Å². The molecule has 1 rings (SSSR count). The normalized spacial score (nSPS) is 10.1. The van der Waals surface area contributed by atoms with Crippen molar-refractivity contribution in [3.05, 3.63) is 29.8 Å². The Balaban J connectivity index is 2.34. The summed E-state index contributed by atoms with van der Waals surface area (Å²) in [4.78, 5) is 0. The molecule has 0 amide bonds. The third-order valence-electron chi connectivity index (χ3n) is 2.57. The molecule has 0 aliphatic heterocycles. The minimum Gasteiger partial charge on any atom is -0.491 e. The van der Waals surface area contributed by atoms with Crippen molar-refractivity contribution in [3.63, 3.8) is 0 Å². The molecule has 0 saturated heterocycles. The Morgan fingerprint density at radius 2 is 1.71 bits per heavy atom. The van der Waals surface area contributed by atoms with E-state index in [0.717, 1.165) is 24.3 Å². The second-order valence-corrected chi connectivity index (χ2v) is 4.97. The Labute approximate surface area is 126 Å². The number of nitrogens with one attached hydrogen (secondary N) is 5. The van der Waals surface area contributed by atoms with Gasteiger partial charge in [0, 0.05) is 13.1 Å². The number of hydrogen-bond donors (Lipinski definition) is 5. The number of ether oxygens (including phenoxy) is 1. The molecule has 6 heteroatoms. The fraction of sp³-hybridized carbons (Fsp3) is 0.467. The summed E-state index contributed by atoms with van der Waals surface area (Å²) in [6.07, 6.45) is 1.10. The van der Waals surface area contributed by atoms with Gasteiger partial charge in [-0.25, -0.2) is 0 Å². The summed E-state index contributed by atoms with van der Waals surface area (Å²) < 4.78 is 5.57. The lowest BCUT2D eigenvalue weighted by molar-refractivity contribution is 0.242. The molecular weight excluding hydrogens is 266 g/mol. The van der Waals surface area contributed by atoms with E-state index < -0.39 is 0 Å². The van der Waals surface area contributed by atoms with Gasteiger partial charge in [0.2, 0.25) is 0 Å². The lowest BCUT2D eigenvalue weighted by atomic mass is 10.2. The van der Waals surface area contributed by atoms with Crippen molar-refractivity contribution < 1.29 is 4.74 Å². The van der Waals surface area contributed by atoms with Crippen molar-refractivity contribution in [1.82, 2.24) is 16.0 Å². The van der Waals surface area contributed by atoms with E-state index in [9.17, 15) is 0 Å². The lowest BCUT2D eigenvalue weighted by Gasteiger charge is -2.13. The maximum absolute atomic E-state index is 7.71. The van der Waals surface area contributed by atoms with Crippen LogP contribution in [0.2, 0.25) is 0 Å². The van der Waals surface area contributed by atoms with Gasteiger partial charge in [-0.1, -0.05) is 19.1 Å². The summed E-state index contributed by atoms with van der Waals surface area (Å²) in [6.45, 7) is 7.25. The quantitative estimate of drug-likeness (QED) is 0.409. The minimum absolute atomic E-state index is 0.103. The molecule has 0 heterocycles. The molecule has 6 nitrogen and oxygen atoms in total. The van der Waals surface area contributed by atoms with Crippen LogP contribution >= 0.6 is 0 Å². The van der Waals surface area contributed by atoms with E-state index in [1.54, 1.807) is 0 Å². The summed E-state index contributed by atoms with van der Waals surface area (Å²) in [5.74, 6) is 1.08. The summed E-state index contributed by atoms with van der Waals surface area (Å²) in [5, 5.41) is 23.7. The molecule has 0 aromatic heterocycles. The summed E-state index contributed by atoms with van der Waals surface area (Å²) >= 11 is 0. The van der Waals surface area contributed by atoms with Gasteiger partial charge in [-0.15, -0.1) is 0 Å². The molecule has 1 aromatic rings. The van der Waals surface area contributed by atoms with Crippen LogP contribution < -0.4 is 20.7 Å². The zero-order valence-corrected chi connectivity index (χ0v) is 12.9.